The number of aromatic nitrogens is 1. The molecule has 2 heterocycles. The van der Waals surface area contributed by atoms with E-state index in [0.717, 1.165) is 31.1 Å². The molecule has 5 aromatic rings. The van der Waals surface area contributed by atoms with Gasteiger partial charge in [-0.1, -0.05) is 103 Å². The molecule has 0 amide bonds. The smallest absolute Gasteiger partial charge is 0.399 e. The predicted molar refractivity (Wildman–Crippen MR) is 192 cm³/mol. The monoisotopic (exact) mass is 601 g/mol. The van der Waals surface area contributed by atoms with Gasteiger partial charge in [0, 0.05) is 16.3 Å². The van der Waals surface area contributed by atoms with E-state index in [1.807, 2.05) is 0 Å². The third-order valence-electron chi connectivity index (χ3n) is 10.5. The van der Waals surface area contributed by atoms with E-state index in [1.165, 1.54) is 60.6 Å². The Kier molecular flexibility index (Phi) is 7.04. The Morgan fingerprint density at radius 2 is 1.33 bits per heavy atom. The average molecular weight is 602 g/mol. The second-order valence-electron chi connectivity index (χ2n) is 13.8. The van der Waals surface area contributed by atoms with Crippen molar-refractivity contribution in [2.45, 2.75) is 64.6 Å². The van der Waals surface area contributed by atoms with E-state index in [1.54, 1.807) is 0 Å². The minimum Gasteiger partial charge on any atom is -0.399 e. The van der Waals surface area contributed by atoms with Gasteiger partial charge in [-0.2, -0.15) is 0 Å². The van der Waals surface area contributed by atoms with E-state index in [0.29, 0.717) is 0 Å². The standard InChI is InChI=1S/C42H40BNO2/c1-41(2)42(3,4)46-43(45-41)33-23-26-38-37(28-33)39-35(30-17-10-6-11-18-30)24-25-36(31-19-12-7-13-20-31)40(39)44(38)34-22-14-21-32(27-34)29-15-8-5-9-16-29/h5-12,14-19,21-23,26-28H,13,20,24-25H2,1-4H3. The highest BCUT2D eigenvalue weighted by molar-refractivity contribution is 6.62. The van der Waals surface area contributed by atoms with Crippen molar-refractivity contribution >= 4 is 34.6 Å². The number of fused-ring (bicyclic) bond motifs is 3. The molecular formula is C42H40BNO2. The van der Waals surface area contributed by atoms with E-state index < -0.39 is 18.3 Å². The fourth-order valence-corrected chi connectivity index (χ4v) is 7.34. The highest BCUT2D eigenvalue weighted by Gasteiger charge is 2.51. The van der Waals surface area contributed by atoms with Crippen LogP contribution in [-0.2, 0) is 9.31 Å². The second-order valence-corrected chi connectivity index (χ2v) is 13.8. The van der Waals surface area contributed by atoms with Gasteiger partial charge in [0.05, 0.1) is 22.1 Å². The topological polar surface area (TPSA) is 23.4 Å². The van der Waals surface area contributed by atoms with Crippen LogP contribution in [0.3, 0.4) is 0 Å². The van der Waals surface area contributed by atoms with Gasteiger partial charge in [0.25, 0.3) is 0 Å². The molecule has 0 N–H and O–H groups in total. The summed E-state index contributed by atoms with van der Waals surface area (Å²) in [6.45, 7) is 8.49. The van der Waals surface area contributed by atoms with Crippen LogP contribution in [0.4, 0.5) is 0 Å². The fraction of sp³-hybridized carbons (Fsp3) is 0.238. The van der Waals surface area contributed by atoms with E-state index >= 15 is 0 Å². The van der Waals surface area contributed by atoms with Crippen molar-refractivity contribution in [3.63, 3.8) is 0 Å². The molecule has 1 saturated heterocycles. The van der Waals surface area contributed by atoms with Crippen molar-refractivity contribution in [2.75, 3.05) is 0 Å². The van der Waals surface area contributed by atoms with E-state index in [9.17, 15) is 0 Å². The second kappa shape index (κ2) is 11.2. The van der Waals surface area contributed by atoms with Crippen LogP contribution in [-0.4, -0.2) is 22.9 Å². The van der Waals surface area contributed by atoms with Crippen molar-refractivity contribution in [1.29, 1.82) is 0 Å². The Morgan fingerprint density at radius 1 is 0.652 bits per heavy atom. The maximum absolute atomic E-state index is 6.57. The number of rotatable bonds is 5. The van der Waals surface area contributed by atoms with Gasteiger partial charge in [0.2, 0.25) is 0 Å². The fourth-order valence-electron chi connectivity index (χ4n) is 7.34. The van der Waals surface area contributed by atoms with Crippen LogP contribution in [0.5, 0.6) is 0 Å². The first-order chi connectivity index (χ1) is 22.3. The molecule has 4 heteroatoms. The van der Waals surface area contributed by atoms with Gasteiger partial charge in [-0.15, -0.1) is 0 Å². The first kappa shape index (κ1) is 29.1. The summed E-state index contributed by atoms with van der Waals surface area (Å²) < 4.78 is 15.7. The lowest BCUT2D eigenvalue weighted by Gasteiger charge is -2.32. The number of nitrogens with zero attached hydrogens (tertiary/aromatic N) is 1. The molecule has 46 heavy (non-hydrogen) atoms. The summed E-state index contributed by atoms with van der Waals surface area (Å²) in [4.78, 5) is 0. The summed E-state index contributed by atoms with van der Waals surface area (Å²) in [7, 11) is -0.423. The largest absolute Gasteiger partial charge is 0.494 e. The summed E-state index contributed by atoms with van der Waals surface area (Å²) >= 11 is 0. The number of benzene rings is 4. The molecule has 3 aliphatic rings. The quantitative estimate of drug-likeness (QED) is 0.191. The van der Waals surface area contributed by atoms with Gasteiger partial charge < -0.3 is 13.9 Å². The van der Waals surface area contributed by atoms with Crippen molar-refractivity contribution in [2.24, 2.45) is 0 Å². The van der Waals surface area contributed by atoms with Crippen LogP contribution in [0.25, 0.3) is 38.9 Å². The SMILES string of the molecule is CC1(C)OB(c2ccc3c(c2)c2c(n3-c3cccc(-c4ccccc4)c3)=C(C3=CC=CCC3)CCC=2c2ccccc2)OC1(C)C. The lowest BCUT2D eigenvalue weighted by Crippen LogP contribution is -2.41. The molecule has 0 unspecified atom stereocenters. The highest BCUT2D eigenvalue weighted by atomic mass is 16.7. The Bertz CT molecular complexity index is 2140. The molecule has 3 nitrogen and oxygen atoms in total. The zero-order chi connectivity index (χ0) is 31.5. The maximum atomic E-state index is 6.57. The molecule has 1 aliphatic heterocycles. The molecule has 0 saturated carbocycles. The molecule has 1 aromatic heterocycles. The van der Waals surface area contributed by atoms with Crippen LogP contribution < -0.4 is 16.0 Å². The van der Waals surface area contributed by atoms with Gasteiger partial charge in [-0.05, 0) is 110 Å². The van der Waals surface area contributed by atoms with Crippen molar-refractivity contribution in [3.05, 3.63) is 143 Å². The predicted octanol–water partition coefficient (Wildman–Crippen LogP) is 8.02. The summed E-state index contributed by atoms with van der Waals surface area (Å²) in [5.41, 5.74) is 10.7. The Balaban J connectivity index is 1.48. The third-order valence-corrected chi connectivity index (χ3v) is 10.5. The maximum Gasteiger partial charge on any atom is 0.494 e. The average Bonchev–Trinajstić information content (AvgIpc) is 3.54. The highest BCUT2D eigenvalue weighted by Crippen LogP contribution is 2.37. The Hall–Kier alpha value is -4.38. The lowest BCUT2D eigenvalue weighted by atomic mass is 9.78. The van der Waals surface area contributed by atoms with Gasteiger partial charge in [-0.25, -0.2) is 0 Å². The summed E-state index contributed by atoms with van der Waals surface area (Å²) in [5.74, 6) is 0. The zero-order valence-corrected chi connectivity index (χ0v) is 27.2. The third kappa shape index (κ3) is 4.83. The van der Waals surface area contributed by atoms with Crippen molar-refractivity contribution in [1.82, 2.24) is 4.57 Å². The van der Waals surface area contributed by atoms with Gasteiger partial charge in [-0.3, -0.25) is 0 Å². The summed E-state index contributed by atoms with van der Waals surface area (Å²) in [6.07, 6.45) is 11.0. The minimum absolute atomic E-state index is 0.404. The van der Waals surface area contributed by atoms with Crippen LogP contribution >= 0.6 is 0 Å². The number of allylic oxidation sites excluding steroid dienone is 4. The van der Waals surface area contributed by atoms with Crippen LogP contribution in [0.1, 0.15) is 58.9 Å². The molecule has 228 valence electrons. The molecular weight excluding hydrogens is 561 g/mol. The first-order valence-electron chi connectivity index (χ1n) is 16.6. The number of hydrogen-bond acceptors (Lipinski definition) is 2. The van der Waals surface area contributed by atoms with Crippen LogP contribution in [0.15, 0.2) is 127 Å². The molecule has 2 aliphatic carbocycles. The molecule has 1 fully saturated rings. The molecule has 0 spiro atoms. The molecule has 8 rings (SSSR count). The zero-order valence-electron chi connectivity index (χ0n) is 27.2. The van der Waals surface area contributed by atoms with E-state index in [2.05, 4.69) is 154 Å². The van der Waals surface area contributed by atoms with E-state index in [4.69, 9.17) is 9.31 Å². The van der Waals surface area contributed by atoms with Gasteiger partial charge in [0.1, 0.15) is 0 Å². The molecule has 0 atom stereocenters. The van der Waals surface area contributed by atoms with Gasteiger partial charge >= 0.3 is 7.12 Å². The molecule has 0 bridgehead atoms. The lowest BCUT2D eigenvalue weighted by molar-refractivity contribution is 0.00578. The Labute approximate surface area is 272 Å². The normalized spacial score (nSPS) is 18.6. The number of hydrogen-bond donors (Lipinski definition) is 0. The van der Waals surface area contributed by atoms with Crippen molar-refractivity contribution < 1.29 is 9.31 Å². The van der Waals surface area contributed by atoms with Crippen molar-refractivity contribution in [3.8, 4) is 16.8 Å². The van der Waals surface area contributed by atoms with Crippen LogP contribution in [0, 0.1) is 0 Å². The summed E-state index contributed by atoms with van der Waals surface area (Å²) in [6, 6.07) is 37.5. The van der Waals surface area contributed by atoms with Gasteiger partial charge in [0.15, 0.2) is 0 Å². The van der Waals surface area contributed by atoms with Crippen LogP contribution in [0.2, 0.25) is 0 Å². The summed E-state index contributed by atoms with van der Waals surface area (Å²) in [5, 5.41) is 3.90. The molecule has 0 radical (unpaired) electrons. The minimum atomic E-state index is -0.423. The molecule has 4 aromatic carbocycles. The first-order valence-corrected chi connectivity index (χ1v) is 16.6. The Morgan fingerprint density at radius 3 is 2.02 bits per heavy atom. The van der Waals surface area contributed by atoms with E-state index in [-0.39, 0.29) is 0 Å².